The maximum absolute atomic E-state index is 13.1. The summed E-state index contributed by atoms with van der Waals surface area (Å²) in [7, 11) is 1.64. The van der Waals surface area contributed by atoms with E-state index in [1.165, 1.54) is 11.3 Å². The lowest BCUT2D eigenvalue weighted by atomic mass is 10.1. The fourth-order valence-electron chi connectivity index (χ4n) is 3.84. The molecule has 176 valence electrons. The number of para-hydroxylation sites is 1. The van der Waals surface area contributed by atoms with Gasteiger partial charge in [0.05, 0.1) is 23.2 Å². The van der Waals surface area contributed by atoms with Crippen molar-refractivity contribution < 1.29 is 9.53 Å². The van der Waals surface area contributed by atoms with E-state index in [1.807, 2.05) is 83.5 Å². The molecule has 0 aliphatic rings. The van der Waals surface area contributed by atoms with Crippen molar-refractivity contribution in [2.45, 2.75) is 6.42 Å². The molecule has 1 amide bonds. The molecule has 0 bridgehead atoms. The molecule has 0 aliphatic carbocycles. The number of hydrogen-bond donors (Lipinski definition) is 1. The number of carbonyl (C=O) groups is 1. The van der Waals surface area contributed by atoms with Gasteiger partial charge in [-0.05, 0) is 48.4 Å². The van der Waals surface area contributed by atoms with E-state index in [4.69, 9.17) is 33.0 Å². The second kappa shape index (κ2) is 10.1. The van der Waals surface area contributed by atoms with E-state index in [-0.39, 0.29) is 5.91 Å². The summed E-state index contributed by atoms with van der Waals surface area (Å²) >= 11 is 14.3. The second-order valence-electron chi connectivity index (χ2n) is 7.88. The zero-order chi connectivity index (χ0) is 24.4. The van der Waals surface area contributed by atoms with E-state index in [0.717, 1.165) is 32.8 Å². The van der Waals surface area contributed by atoms with E-state index in [1.54, 1.807) is 7.11 Å². The highest BCUT2D eigenvalue weighted by molar-refractivity contribution is 7.21. The first-order valence-corrected chi connectivity index (χ1v) is 12.6. The number of ether oxygens (including phenoxy) is 1. The smallest absolute Gasteiger partial charge is 0.263 e. The molecule has 0 fully saturated rings. The van der Waals surface area contributed by atoms with E-state index in [2.05, 4.69) is 5.32 Å². The van der Waals surface area contributed by atoms with Crippen LogP contribution >= 0.6 is 34.5 Å². The molecular weight excluding hydrogens is 501 g/mol. The first-order valence-electron chi connectivity index (χ1n) is 11.0. The Morgan fingerprint density at radius 1 is 1.00 bits per heavy atom. The van der Waals surface area contributed by atoms with Crippen molar-refractivity contribution in [2.75, 3.05) is 13.7 Å². The largest absolute Gasteiger partial charge is 0.497 e. The Labute approximate surface area is 216 Å². The molecule has 0 saturated heterocycles. The van der Waals surface area contributed by atoms with Gasteiger partial charge < -0.3 is 10.1 Å². The Bertz CT molecular complexity index is 1480. The van der Waals surface area contributed by atoms with Crippen LogP contribution in [0.15, 0.2) is 78.9 Å². The quantitative estimate of drug-likeness (QED) is 0.249. The molecule has 5 rings (SSSR count). The van der Waals surface area contributed by atoms with Crippen LogP contribution < -0.4 is 10.1 Å². The van der Waals surface area contributed by atoms with Crippen molar-refractivity contribution >= 4 is 50.7 Å². The minimum absolute atomic E-state index is 0.202. The zero-order valence-corrected chi connectivity index (χ0v) is 21.1. The number of nitrogens with zero attached hydrogens (tertiary/aromatic N) is 2. The number of hydrogen-bond acceptors (Lipinski definition) is 4. The fraction of sp³-hybridized carbons (Fsp3) is 0.111. The molecule has 2 aromatic heterocycles. The van der Waals surface area contributed by atoms with Gasteiger partial charge in [-0.2, -0.15) is 5.10 Å². The van der Waals surface area contributed by atoms with Crippen LogP contribution in [0.2, 0.25) is 10.0 Å². The van der Waals surface area contributed by atoms with E-state index >= 15 is 0 Å². The summed E-state index contributed by atoms with van der Waals surface area (Å²) in [5.41, 5.74) is 3.58. The molecule has 5 nitrogen and oxygen atoms in total. The van der Waals surface area contributed by atoms with Gasteiger partial charge in [0.2, 0.25) is 0 Å². The highest BCUT2D eigenvalue weighted by atomic mass is 35.5. The summed E-state index contributed by atoms with van der Waals surface area (Å²) in [6.07, 6.45) is 0.700. The Kier molecular flexibility index (Phi) is 6.77. The molecule has 0 spiro atoms. The van der Waals surface area contributed by atoms with Crippen LogP contribution in [0, 0.1) is 0 Å². The summed E-state index contributed by atoms with van der Waals surface area (Å²) in [5.74, 6) is 0.602. The lowest BCUT2D eigenvalue weighted by Gasteiger charge is -2.06. The third-order valence-corrected chi connectivity index (χ3v) is 7.55. The number of methoxy groups -OCH3 is 1. The van der Waals surface area contributed by atoms with Crippen LogP contribution in [0.25, 0.3) is 27.2 Å². The predicted molar refractivity (Wildman–Crippen MR) is 143 cm³/mol. The third-order valence-electron chi connectivity index (χ3n) is 5.64. The summed E-state index contributed by atoms with van der Waals surface area (Å²) < 4.78 is 7.03. The van der Waals surface area contributed by atoms with Gasteiger partial charge in [-0.25, -0.2) is 4.68 Å². The summed E-state index contributed by atoms with van der Waals surface area (Å²) in [5, 5.41) is 9.65. The maximum Gasteiger partial charge on any atom is 0.263 e. The number of fused-ring (bicyclic) bond motifs is 1. The monoisotopic (exact) mass is 521 g/mol. The normalized spacial score (nSPS) is 11.1. The lowest BCUT2D eigenvalue weighted by Crippen LogP contribution is -2.25. The van der Waals surface area contributed by atoms with Gasteiger partial charge in [0, 0.05) is 17.1 Å². The number of nitrogens with one attached hydrogen (secondary N) is 1. The maximum atomic E-state index is 13.1. The number of aromatic nitrogens is 2. The lowest BCUT2D eigenvalue weighted by molar-refractivity contribution is 0.0958. The van der Waals surface area contributed by atoms with Crippen LogP contribution in [0.1, 0.15) is 15.2 Å². The first kappa shape index (κ1) is 23.4. The minimum Gasteiger partial charge on any atom is -0.497 e. The van der Waals surface area contributed by atoms with E-state index < -0.39 is 0 Å². The molecule has 5 aromatic rings. The highest BCUT2D eigenvalue weighted by Gasteiger charge is 2.25. The molecule has 0 unspecified atom stereocenters. The number of thiophene rings is 1. The minimum atomic E-state index is -0.202. The van der Waals surface area contributed by atoms with Gasteiger partial charge in [0.25, 0.3) is 5.91 Å². The van der Waals surface area contributed by atoms with Gasteiger partial charge in [0.15, 0.2) is 0 Å². The van der Waals surface area contributed by atoms with Crippen molar-refractivity contribution in [2.24, 2.45) is 0 Å². The van der Waals surface area contributed by atoms with Crippen molar-refractivity contribution in [3.63, 3.8) is 0 Å². The summed E-state index contributed by atoms with van der Waals surface area (Å²) in [6.45, 7) is 0.491. The number of rotatable bonds is 7. The molecule has 3 aromatic carbocycles. The molecule has 0 atom stereocenters. The summed E-state index contributed by atoms with van der Waals surface area (Å²) in [6, 6.07) is 25.0. The van der Waals surface area contributed by atoms with Gasteiger partial charge in [-0.15, -0.1) is 11.3 Å². The first-order chi connectivity index (χ1) is 17.0. The number of amides is 1. The molecule has 0 saturated carbocycles. The van der Waals surface area contributed by atoms with Crippen molar-refractivity contribution in [1.82, 2.24) is 15.1 Å². The molecule has 0 aliphatic heterocycles. The summed E-state index contributed by atoms with van der Waals surface area (Å²) in [4.78, 5) is 14.4. The second-order valence-corrected chi connectivity index (χ2v) is 9.70. The van der Waals surface area contributed by atoms with Crippen LogP contribution in [0.5, 0.6) is 5.75 Å². The molecule has 0 radical (unpaired) electrons. The average Bonchev–Trinajstić information content (AvgIpc) is 3.43. The Balaban J connectivity index is 1.47. The molecule has 8 heteroatoms. The van der Waals surface area contributed by atoms with E-state index in [9.17, 15) is 4.79 Å². The fourth-order valence-corrected chi connectivity index (χ4v) is 5.49. The number of halogens is 2. The van der Waals surface area contributed by atoms with Crippen LogP contribution in [-0.4, -0.2) is 29.3 Å². The van der Waals surface area contributed by atoms with Gasteiger partial charge in [-0.1, -0.05) is 65.7 Å². The Hall–Kier alpha value is -3.32. The van der Waals surface area contributed by atoms with Crippen LogP contribution in [0.4, 0.5) is 0 Å². The van der Waals surface area contributed by atoms with Crippen molar-refractivity contribution in [3.8, 4) is 22.7 Å². The molecule has 2 heterocycles. The zero-order valence-electron chi connectivity index (χ0n) is 18.8. The highest BCUT2D eigenvalue weighted by Crippen LogP contribution is 2.42. The average molecular weight is 522 g/mol. The Morgan fingerprint density at radius 3 is 2.40 bits per heavy atom. The van der Waals surface area contributed by atoms with Crippen molar-refractivity contribution in [1.29, 1.82) is 0 Å². The third kappa shape index (κ3) is 4.78. The molecule has 35 heavy (non-hydrogen) atoms. The van der Waals surface area contributed by atoms with Gasteiger partial charge >= 0.3 is 0 Å². The van der Waals surface area contributed by atoms with E-state index in [0.29, 0.717) is 33.6 Å². The topological polar surface area (TPSA) is 56.1 Å². The van der Waals surface area contributed by atoms with Crippen LogP contribution in [-0.2, 0) is 6.42 Å². The van der Waals surface area contributed by atoms with Crippen molar-refractivity contribution in [3.05, 3.63) is 99.3 Å². The number of benzene rings is 3. The Morgan fingerprint density at radius 2 is 1.71 bits per heavy atom. The standard InChI is InChI=1S/C27H21Cl2N3O2S/c1-34-21-13-7-17(8-14-21)15-16-30-26(33)25-23(29)22-24(18-9-11-19(28)12-10-18)31-32(27(22)35-25)20-5-3-2-4-6-20/h2-14H,15-16H2,1H3,(H,30,33). The van der Waals surface area contributed by atoms with Gasteiger partial charge in [0.1, 0.15) is 21.2 Å². The SMILES string of the molecule is COc1ccc(CCNC(=O)c2sc3c(c(-c4ccc(Cl)cc4)nn3-c3ccccc3)c2Cl)cc1. The number of carbonyl (C=O) groups excluding carboxylic acids is 1. The van der Waals surface area contributed by atoms with Gasteiger partial charge in [-0.3, -0.25) is 4.79 Å². The van der Waals surface area contributed by atoms with Crippen LogP contribution in [0.3, 0.4) is 0 Å². The predicted octanol–water partition coefficient (Wildman–Crippen LogP) is 7.04. The molecular formula is C27H21Cl2N3O2S. The molecule has 1 N–H and O–H groups in total.